The Kier molecular flexibility index (Phi) is 9.24. The first-order chi connectivity index (χ1) is 7.67. The highest BCUT2D eigenvalue weighted by molar-refractivity contribution is 5.81. The number of unbranched alkanes of at least 4 members (excludes halogenated alkanes) is 1. The lowest BCUT2D eigenvalue weighted by molar-refractivity contribution is -0.133. The number of rotatable bonds is 9. The molecule has 0 saturated carbocycles. The average Bonchev–Trinajstić information content (AvgIpc) is 2.31. The highest BCUT2D eigenvalue weighted by atomic mass is 16.5. The van der Waals surface area contributed by atoms with Gasteiger partial charge >= 0.3 is 0 Å². The zero-order valence-corrected chi connectivity index (χ0v) is 10.9. The molecule has 1 atom stereocenters. The Balaban J connectivity index is 3.97. The van der Waals surface area contributed by atoms with Crippen molar-refractivity contribution in [3.05, 3.63) is 0 Å². The molecule has 0 heterocycles. The maximum Gasteiger partial charge on any atom is 0.239 e. The van der Waals surface area contributed by atoms with Gasteiger partial charge in [-0.2, -0.15) is 0 Å². The third-order valence-electron chi connectivity index (χ3n) is 2.59. The van der Waals surface area contributed by atoms with Crippen molar-refractivity contribution >= 4 is 5.91 Å². The van der Waals surface area contributed by atoms with Crippen molar-refractivity contribution in [2.75, 3.05) is 26.3 Å². The molecule has 0 unspecified atom stereocenters. The molecule has 1 amide bonds. The van der Waals surface area contributed by atoms with Crippen molar-refractivity contribution in [3.8, 4) is 0 Å². The second kappa shape index (κ2) is 9.60. The molecular weight excluding hydrogens is 204 g/mol. The van der Waals surface area contributed by atoms with Crippen LogP contribution in [0.15, 0.2) is 0 Å². The van der Waals surface area contributed by atoms with E-state index in [9.17, 15) is 4.79 Å². The highest BCUT2D eigenvalue weighted by Crippen LogP contribution is 2.02. The zero-order chi connectivity index (χ0) is 12.4. The molecule has 4 heteroatoms. The van der Waals surface area contributed by atoms with Gasteiger partial charge in [-0.25, -0.2) is 0 Å². The molecule has 0 aromatic rings. The summed E-state index contributed by atoms with van der Waals surface area (Å²) in [7, 11) is 0. The Morgan fingerprint density at radius 1 is 1.38 bits per heavy atom. The molecule has 0 fully saturated rings. The molecule has 0 saturated heterocycles. The molecule has 0 aliphatic carbocycles. The van der Waals surface area contributed by atoms with Crippen LogP contribution in [0.25, 0.3) is 0 Å². The monoisotopic (exact) mass is 230 g/mol. The molecular formula is C12H26N2O2. The van der Waals surface area contributed by atoms with Crippen molar-refractivity contribution in [2.45, 2.75) is 46.1 Å². The van der Waals surface area contributed by atoms with Gasteiger partial charge in [-0.3, -0.25) is 4.79 Å². The third kappa shape index (κ3) is 6.08. The molecule has 2 N–H and O–H groups in total. The van der Waals surface area contributed by atoms with Crippen LogP contribution in [0.4, 0.5) is 0 Å². The normalized spacial score (nSPS) is 12.5. The van der Waals surface area contributed by atoms with Crippen LogP contribution in [0.5, 0.6) is 0 Å². The van der Waals surface area contributed by atoms with Crippen LogP contribution in [0.2, 0.25) is 0 Å². The molecule has 0 aliphatic rings. The van der Waals surface area contributed by atoms with E-state index in [0.717, 1.165) is 19.3 Å². The first-order valence-corrected chi connectivity index (χ1v) is 6.29. The van der Waals surface area contributed by atoms with Crippen molar-refractivity contribution in [1.82, 2.24) is 4.90 Å². The van der Waals surface area contributed by atoms with E-state index >= 15 is 0 Å². The summed E-state index contributed by atoms with van der Waals surface area (Å²) in [5.74, 6) is 0.0515. The Morgan fingerprint density at radius 3 is 2.56 bits per heavy atom. The second-order valence-corrected chi connectivity index (χ2v) is 3.86. The van der Waals surface area contributed by atoms with Gasteiger partial charge in [0.2, 0.25) is 5.91 Å². The fraction of sp³-hybridized carbons (Fsp3) is 0.917. The standard InChI is InChI=1S/C12H26N2O2/c1-4-7-8-11(13)12(15)14(5-2)9-10-16-6-3/h11H,4-10,13H2,1-3H3/t11-/m0/s1. The number of likely N-dealkylation sites (N-methyl/N-ethyl adjacent to an activating group) is 1. The largest absolute Gasteiger partial charge is 0.380 e. The van der Waals surface area contributed by atoms with Gasteiger partial charge in [0.05, 0.1) is 12.6 Å². The molecule has 16 heavy (non-hydrogen) atoms. The Labute approximate surface area is 99.1 Å². The number of hydrogen-bond acceptors (Lipinski definition) is 3. The maximum atomic E-state index is 11.9. The summed E-state index contributed by atoms with van der Waals surface area (Å²) >= 11 is 0. The van der Waals surface area contributed by atoms with Gasteiger partial charge in [-0.1, -0.05) is 19.8 Å². The molecule has 0 rings (SSSR count). The molecule has 0 bridgehead atoms. The van der Waals surface area contributed by atoms with Crippen LogP contribution in [0.1, 0.15) is 40.0 Å². The molecule has 0 aliphatic heterocycles. The van der Waals surface area contributed by atoms with Gasteiger partial charge in [-0.15, -0.1) is 0 Å². The highest BCUT2D eigenvalue weighted by Gasteiger charge is 2.18. The lowest BCUT2D eigenvalue weighted by Gasteiger charge is -2.24. The van der Waals surface area contributed by atoms with E-state index in [4.69, 9.17) is 10.5 Å². The minimum absolute atomic E-state index is 0.0515. The number of amides is 1. The zero-order valence-electron chi connectivity index (χ0n) is 10.9. The number of nitrogens with zero attached hydrogens (tertiary/aromatic N) is 1. The summed E-state index contributed by atoms with van der Waals surface area (Å²) in [6.45, 7) is 8.64. The van der Waals surface area contributed by atoms with Crippen LogP contribution in [-0.2, 0) is 9.53 Å². The third-order valence-corrected chi connectivity index (χ3v) is 2.59. The lowest BCUT2D eigenvalue weighted by Crippen LogP contribution is -2.45. The van der Waals surface area contributed by atoms with Crippen molar-refractivity contribution in [3.63, 3.8) is 0 Å². The van der Waals surface area contributed by atoms with Gasteiger partial charge in [0.1, 0.15) is 0 Å². The van der Waals surface area contributed by atoms with Gasteiger partial charge in [0.25, 0.3) is 0 Å². The number of hydrogen-bond donors (Lipinski definition) is 1. The minimum atomic E-state index is -0.346. The first-order valence-electron chi connectivity index (χ1n) is 6.29. The predicted molar refractivity (Wildman–Crippen MR) is 66.2 cm³/mol. The van der Waals surface area contributed by atoms with E-state index in [1.54, 1.807) is 4.90 Å². The Bertz CT molecular complexity index is 186. The Hall–Kier alpha value is -0.610. The van der Waals surface area contributed by atoms with Crippen molar-refractivity contribution in [2.24, 2.45) is 5.73 Å². The average molecular weight is 230 g/mol. The quantitative estimate of drug-likeness (QED) is 0.609. The number of carbonyl (C=O) groups is 1. The van der Waals surface area contributed by atoms with Crippen LogP contribution in [-0.4, -0.2) is 43.2 Å². The predicted octanol–water partition coefficient (Wildman–Crippen LogP) is 1.39. The van der Waals surface area contributed by atoms with E-state index in [0.29, 0.717) is 26.3 Å². The van der Waals surface area contributed by atoms with E-state index < -0.39 is 0 Å². The van der Waals surface area contributed by atoms with Crippen LogP contribution in [0.3, 0.4) is 0 Å². The molecule has 4 nitrogen and oxygen atoms in total. The fourth-order valence-corrected chi connectivity index (χ4v) is 1.53. The first kappa shape index (κ1) is 15.4. The van der Waals surface area contributed by atoms with Crippen LogP contribution < -0.4 is 5.73 Å². The van der Waals surface area contributed by atoms with E-state index in [1.165, 1.54) is 0 Å². The fourth-order valence-electron chi connectivity index (χ4n) is 1.53. The molecule has 0 aromatic carbocycles. The van der Waals surface area contributed by atoms with E-state index in [2.05, 4.69) is 6.92 Å². The van der Waals surface area contributed by atoms with Gasteiger partial charge in [0.15, 0.2) is 0 Å². The number of ether oxygens (including phenoxy) is 1. The van der Waals surface area contributed by atoms with Gasteiger partial charge in [-0.05, 0) is 20.3 Å². The summed E-state index contributed by atoms with van der Waals surface area (Å²) in [6.07, 6.45) is 2.86. The van der Waals surface area contributed by atoms with Gasteiger partial charge < -0.3 is 15.4 Å². The van der Waals surface area contributed by atoms with E-state index in [1.807, 2.05) is 13.8 Å². The number of nitrogens with two attached hydrogens (primary N) is 1. The summed E-state index contributed by atoms with van der Waals surface area (Å²) in [6, 6.07) is -0.346. The number of carbonyl (C=O) groups excluding carboxylic acids is 1. The SMILES string of the molecule is CCCC[C@H](N)C(=O)N(CC)CCOCC. The maximum absolute atomic E-state index is 11.9. The summed E-state index contributed by atoms with van der Waals surface area (Å²) in [5, 5.41) is 0. The topological polar surface area (TPSA) is 55.6 Å². The van der Waals surface area contributed by atoms with E-state index in [-0.39, 0.29) is 11.9 Å². The summed E-state index contributed by atoms with van der Waals surface area (Å²) < 4.78 is 5.24. The molecule has 96 valence electrons. The summed E-state index contributed by atoms with van der Waals surface area (Å²) in [4.78, 5) is 13.7. The smallest absolute Gasteiger partial charge is 0.239 e. The Morgan fingerprint density at radius 2 is 2.06 bits per heavy atom. The summed E-state index contributed by atoms with van der Waals surface area (Å²) in [5.41, 5.74) is 5.85. The van der Waals surface area contributed by atoms with Crippen molar-refractivity contribution < 1.29 is 9.53 Å². The van der Waals surface area contributed by atoms with Gasteiger partial charge in [0, 0.05) is 19.7 Å². The van der Waals surface area contributed by atoms with Crippen molar-refractivity contribution in [1.29, 1.82) is 0 Å². The molecule has 0 spiro atoms. The minimum Gasteiger partial charge on any atom is -0.380 e. The second-order valence-electron chi connectivity index (χ2n) is 3.86. The molecule has 0 radical (unpaired) electrons. The van der Waals surface area contributed by atoms with Crippen LogP contribution in [0, 0.1) is 0 Å². The van der Waals surface area contributed by atoms with Crippen LogP contribution >= 0.6 is 0 Å². The lowest BCUT2D eigenvalue weighted by atomic mass is 10.1. The molecule has 0 aromatic heterocycles.